The molecule has 0 spiro atoms. The average Bonchev–Trinajstić information content (AvgIpc) is 2.38. The first-order valence-electron chi connectivity index (χ1n) is 3.08. The topological polar surface area (TPSA) is 74.9 Å². The third-order valence-electron chi connectivity index (χ3n) is 1.48. The lowest BCUT2D eigenvalue weighted by molar-refractivity contribution is 0.0626. The van der Waals surface area contributed by atoms with Crippen LogP contribution in [-0.4, -0.2) is 21.6 Å². The normalized spacial score (nSPS) is 16.7. The molecule has 1 atom stereocenters. The minimum Gasteiger partial charge on any atom is -0.383 e. The van der Waals surface area contributed by atoms with E-state index in [1.165, 1.54) is 6.33 Å². The summed E-state index contributed by atoms with van der Waals surface area (Å²) in [6.07, 6.45) is 3.08. The van der Waals surface area contributed by atoms with Gasteiger partial charge in [-0.25, -0.2) is 4.98 Å². The molecule has 4 N–H and O–H groups in total. The number of nitrogens with zero attached hydrogens (tertiary/aromatic N) is 1. The second-order valence-corrected chi connectivity index (χ2v) is 2.44. The highest BCUT2D eigenvalue weighted by Crippen LogP contribution is 2.14. The van der Waals surface area contributed by atoms with Crippen molar-refractivity contribution in [3.8, 4) is 0 Å². The van der Waals surface area contributed by atoms with Crippen LogP contribution < -0.4 is 5.73 Å². The molecule has 1 rings (SSSR count). The standard InChI is InChI=1S/C6H11N3O/c1-6(10,3-7)5-2-8-4-9-5/h2,4,10H,3,7H2,1H3,(H,8,9). The second-order valence-electron chi connectivity index (χ2n) is 2.44. The van der Waals surface area contributed by atoms with E-state index in [4.69, 9.17) is 5.73 Å². The highest BCUT2D eigenvalue weighted by Gasteiger charge is 2.21. The number of aromatic amines is 1. The van der Waals surface area contributed by atoms with Crippen molar-refractivity contribution < 1.29 is 5.11 Å². The van der Waals surface area contributed by atoms with Crippen molar-refractivity contribution in [3.63, 3.8) is 0 Å². The lowest BCUT2D eigenvalue weighted by Crippen LogP contribution is -2.31. The Hall–Kier alpha value is -0.870. The lowest BCUT2D eigenvalue weighted by Gasteiger charge is -2.18. The molecule has 10 heavy (non-hydrogen) atoms. The number of H-pyrrole nitrogens is 1. The first kappa shape index (κ1) is 7.24. The highest BCUT2D eigenvalue weighted by atomic mass is 16.3. The van der Waals surface area contributed by atoms with Crippen LogP contribution in [0.3, 0.4) is 0 Å². The molecule has 1 aromatic heterocycles. The van der Waals surface area contributed by atoms with Crippen molar-refractivity contribution in [3.05, 3.63) is 18.2 Å². The number of aliphatic hydroxyl groups is 1. The highest BCUT2D eigenvalue weighted by molar-refractivity contribution is 5.06. The molecule has 0 saturated carbocycles. The minimum absolute atomic E-state index is 0.190. The van der Waals surface area contributed by atoms with Crippen LogP contribution in [0.2, 0.25) is 0 Å². The predicted octanol–water partition coefficient (Wildman–Crippen LogP) is -0.424. The fourth-order valence-corrected chi connectivity index (χ4v) is 0.660. The van der Waals surface area contributed by atoms with Gasteiger partial charge in [0.15, 0.2) is 0 Å². The Morgan fingerprint density at radius 2 is 2.60 bits per heavy atom. The summed E-state index contributed by atoms with van der Waals surface area (Å²) in [5.41, 5.74) is 4.97. The maximum atomic E-state index is 9.49. The Kier molecular flexibility index (Phi) is 1.74. The Morgan fingerprint density at radius 1 is 1.90 bits per heavy atom. The van der Waals surface area contributed by atoms with Crippen LogP contribution in [0.15, 0.2) is 12.5 Å². The van der Waals surface area contributed by atoms with E-state index in [2.05, 4.69) is 9.97 Å². The van der Waals surface area contributed by atoms with E-state index < -0.39 is 5.60 Å². The quantitative estimate of drug-likeness (QED) is 0.523. The van der Waals surface area contributed by atoms with Gasteiger partial charge in [0.25, 0.3) is 0 Å². The smallest absolute Gasteiger partial charge is 0.115 e. The molecule has 0 aromatic carbocycles. The molecule has 0 fully saturated rings. The Morgan fingerprint density at radius 3 is 3.00 bits per heavy atom. The molecule has 1 heterocycles. The number of imidazole rings is 1. The van der Waals surface area contributed by atoms with E-state index in [0.717, 1.165) is 0 Å². The van der Waals surface area contributed by atoms with Gasteiger partial charge in [-0.05, 0) is 6.92 Å². The molecule has 1 unspecified atom stereocenters. The van der Waals surface area contributed by atoms with Crippen molar-refractivity contribution in [2.75, 3.05) is 6.54 Å². The average molecular weight is 141 g/mol. The lowest BCUT2D eigenvalue weighted by atomic mass is 10.0. The summed E-state index contributed by atoms with van der Waals surface area (Å²) >= 11 is 0. The van der Waals surface area contributed by atoms with E-state index in [0.29, 0.717) is 5.69 Å². The molecule has 0 aliphatic heterocycles. The molecule has 0 amide bonds. The summed E-state index contributed by atoms with van der Waals surface area (Å²) < 4.78 is 0. The van der Waals surface area contributed by atoms with Gasteiger partial charge in [0.1, 0.15) is 5.60 Å². The molecule has 4 heteroatoms. The Labute approximate surface area is 59.1 Å². The van der Waals surface area contributed by atoms with Crippen molar-refractivity contribution in [2.45, 2.75) is 12.5 Å². The van der Waals surface area contributed by atoms with E-state index >= 15 is 0 Å². The predicted molar refractivity (Wildman–Crippen MR) is 37.2 cm³/mol. The van der Waals surface area contributed by atoms with Crippen LogP contribution in [0, 0.1) is 0 Å². The summed E-state index contributed by atoms with van der Waals surface area (Å²) in [4.78, 5) is 6.55. The number of nitrogens with two attached hydrogens (primary N) is 1. The number of aromatic nitrogens is 2. The molecular weight excluding hydrogens is 130 g/mol. The third-order valence-corrected chi connectivity index (χ3v) is 1.48. The molecule has 0 aliphatic rings. The van der Waals surface area contributed by atoms with Crippen molar-refractivity contribution in [2.24, 2.45) is 5.73 Å². The van der Waals surface area contributed by atoms with Crippen LogP contribution in [0.5, 0.6) is 0 Å². The van der Waals surface area contributed by atoms with Gasteiger partial charge >= 0.3 is 0 Å². The maximum absolute atomic E-state index is 9.49. The SMILES string of the molecule is CC(O)(CN)c1cnc[nH]1. The Bertz CT molecular complexity index is 193. The summed E-state index contributed by atoms with van der Waals surface area (Å²) in [6, 6.07) is 0. The van der Waals surface area contributed by atoms with Gasteiger partial charge < -0.3 is 15.8 Å². The maximum Gasteiger partial charge on any atom is 0.115 e. The summed E-state index contributed by atoms with van der Waals surface area (Å²) in [7, 11) is 0. The first-order chi connectivity index (χ1) is 4.67. The van der Waals surface area contributed by atoms with E-state index in [1.807, 2.05) is 0 Å². The van der Waals surface area contributed by atoms with Crippen LogP contribution >= 0.6 is 0 Å². The molecule has 4 nitrogen and oxygen atoms in total. The van der Waals surface area contributed by atoms with E-state index in [1.54, 1.807) is 13.1 Å². The molecule has 0 radical (unpaired) electrons. The van der Waals surface area contributed by atoms with Crippen molar-refractivity contribution in [1.82, 2.24) is 9.97 Å². The second kappa shape index (κ2) is 2.40. The molecular formula is C6H11N3O. The zero-order valence-electron chi connectivity index (χ0n) is 5.83. The molecule has 0 bridgehead atoms. The van der Waals surface area contributed by atoms with Crippen LogP contribution in [0.1, 0.15) is 12.6 Å². The molecule has 0 saturated heterocycles. The van der Waals surface area contributed by atoms with Crippen LogP contribution in [0.4, 0.5) is 0 Å². The minimum atomic E-state index is -0.976. The van der Waals surface area contributed by atoms with Gasteiger partial charge in [-0.1, -0.05) is 0 Å². The first-order valence-corrected chi connectivity index (χ1v) is 3.08. The van der Waals surface area contributed by atoms with Gasteiger partial charge in [0.05, 0.1) is 18.2 Å². The van der Waals surface area contributed by atoms with Gasteiger partial charge in [-0.15, -0.1) is 0 Å². The summed E-state index contributed by atoms with van der Waals surface area (Å²) in [5.74, 6) is 0. The van der Waals surface area contributed by atoms with Gasteiger partial charge in [0.2, 0.25) is 0 Å². The zero-order valence-corrected chi connectivity index (χ0v) is 5.83. The summed E-state index contributed by atoms with van der Waals surface area (Å²) in [5, 5.41) is 9.49. The van der Waals surface area contributed by atoms with Crippen LogP contribution in [0.25, 0.3) is 0 Å². The Balaban J connectivity index is 2.85. The van der Waals surface area contributed by atoms with Crippen LogP contribution in [-0.2, 0) is 5.60 Å². The monoisotopic (exact) mass is 141 g/mol. The number of hydrogen-bond donors (Lipinski definition) is 3. The van der Waals surface area contributed by atoms with Crippen molar-refractivity contribution >= 4 is 0 Å². The van der Waals surface area contributed by atoms with E-state index in [9.17, 15) is 5.11 Å². The largest absolute Gasteiger partial charge is 0.383 e. The van der Waals surface area contributed by atoms with Gasteiger partial charge in [-0.3, -0.25) is 0 Å². The van der Waals surface area contributed by atoms with Gasteiger partial charge in [0, 0.05) is 6.54 Å². The third kappa shape index (κ3) is 1.17. The zero-order chi connectivity index (χ0) is 7.61. The molecule has 1 aromatic rings. The number of nitrogens with one attached hydrogen (secondary N) is 1. The van der Waals surface area contributed by atoms with Gasteiger partial charge in [-0.2, -0.15) is 0 Å². The number of hydrogen-bond acceptors (Lipinski definition) is 3. The molecule has 0 aliphatic carbocycles. The molecule has 56 valence electrons. The fraction of sp³-hybridized carbons (Fsp3) is 0.500. The number of rotatable bonds is 2. The van der Waals surface area contributed by atoms with Crippen molar-refractivity contribution in [1.29, 1.82) is 0 Å². The fourth-order valence-electron chi connectivity index (χ4n) is 0.660. The van der Waals surface area contributed by atoms with E-state index in [-0.39, 0.29) is 6.54 Å². The summed E-state index contributed by atoms with van der Waals surface area (Å²) in [6.45, 7) is 1.83.